The van der Waals surface area contributed by atoms with Gasteiger partial charge in [0.05, 0.1) is 22.3 Å². The Labute approximate surface area is 324 Å². The van der Waals surface area contributed by atoms with Crippen molar-refractivity contribution in [3.05, 3.63) is 106 Å². The topological polar surface area (TPSA) is 121 Å². The van der Waals surface area contributed by atoms with Crippen LogP contribution in [0.25, 0.3) is 87.7 Å². The first-order chi connectivity index (χ1) is 28.1. The predicted molar refractivity (Wildman–Crippen MR) is 189 cm³/mol. The average molecular weight is 833 g/mol. The van der Waals surface area contributed by atoms with Crippen LogP contribution in [0.1, 0.15) is 22.3 Å². The fourth-order valence-electron chi connectivity index (χ4n) is 7.58. The van der Waals surface area contributed by atoms with E-state index in [1.807, 2.05) is 0 Å². The van der Waals surface area contributed by atoms with Gasteiger partial charge in [0.1, 0.15) is 35.4 Å². The van der Waals surface area contributed by atoms with E-state index in [9.17, 15) is 73.7 Å². The lowest BCUT2D eigenvalue weighted by Gasteiger charge is -2.22. The van der Waals surface area contributed by atoms with Crippen molar-refractivity contribution >= 4 is 65.4 Å². The molecule has 0 saturated carbocycles. The van der Waals surface area contributed by atoms with Gasteiger partial charge >= 0.3 is 24.7 Å². The number of rotatable bonds is 2. The number of nitrogens with zero attached hydrogens (tertiary/aromatic N) is 4. The van der Waals surface area contributed by atoms with Gasteiger partial charge in [-0.15, -0.1) is 0 Å². The second-order valence-corrected chi connectivity index (χ2v) is 13.2. The minimum absolute atomic E-state index is 0.00523. The van der Waals surface area contributed by atoms with Crippen molar-refractivity contribution in [3.63, 3.8) is 0 Å². The molecule has 0 spiro atoms. The largest absolute Gasteiger partial charge is 0.454 e. The van der Waals surface area contributed by atoms with Crippen LogP contribution in [0, 0.1) is 45.3 Å². The molecule has 8 aromatic rings. The van der Waals surface area contributed by atoms with E-state index in [1.54, 1.807) is 24.3 Å². The molecule has 2 heterocycles. The number of hydrogen-bond acceptors (Lipinski definition) is 6. The number of hydrogen-bond donors (Lipinski definition) is 0. The third-order valence-corrected chi connectivity index (χ3v) is 9.97. The van der Waals surface area contributed by atoms with E-state index in [4.69, 9.17) is 8.83 Å². The molecule has 0 unspecified atom stereocenters. The van der Waals surface area contributed by atoms with Gasteiger partial charge in [-0.3, -0.25) is 0 Å². The molecule has 60 heavy (non-hydrogen) atoms. The van der Waals surface area contributed by atoms with Gasteiger partial charge in [-0.05, 0) is 70.4 Å². The van der Waals surface area contributed by atoms with Crippen LogP contribution in [-0.2, 0) is 24.7 Å². The van der Waals surface area contributed by atoms with Crippen molar-refractivity contribution in [1.82, 2.24) is 0 Å². The lowest BCUT2D eigenvalue weighted by atomic mass is 9.83. The van der Waals surface area contributed by atoms with Crippen LogP contribution in [0.5, 0.6) is 0 Å². The number of halogens is 12. The van der Waals surface area contributed by atoms with Crippen LogP contribution in [0.15, 0.2) is 81.6 Å². The van der Waals surface area contributed by atoms with Crippen LogP contribution < -0.4 is 10.8 Å². The molecule has 2 aromatic heterocycles. The first-order valence-electron chi connectivity index (χ1n) is 16.7. The van der Waals surface area contributed by atoms with Crippen molar-refractivity contribution in [2.75, 3.05) is 0 Å². The molecule has 18 heteroatoms. The first kappa shape index (κ1) is 39.1. The molecule has 296 valence electrons. The van der Waals surface area contributed by atoms with Crippen molar-refractivity contribution in [2.24, 2.45) is 0 Å². The molecule has 0 radical (unpaired) electrons. The normalized spacial score (nSPS) is 12.6. The summed E-state index contributed by atoms with van der Waals surface area (Å²) in [7, 11) is 0. The van der Waals surface area contributed by atoms with E-state index in [1.165, 1.54) is 24.3 Å². The van der Waals surface area contributed by atoms with Crippen LogP contribution in [0.2, 0.25) is 0 Å². The molecule has 0 N–H and O–H groups in total. The van der Waals surface area contributed by atoms with E-state index in [0.29, 0.717) is 24.3 Å². The maximum Gasteiger partial charge on any atom is 0.417 e. The predicted octanol–water partition coefficient (Wildman–Crippen LogP) is 11.9. The van der Waals surface area contributed by atoms with Crippen LogP contribution in [-0.4, -0.2) is 0 Å². The minimum atomic E-state index is -5.44. The lowest BCUT2D eigenvalue weighted by Crippen LogP contribution is -2.12. The van der Waals surface area contributed by atoms with Gasteiger partial charge in [-0.25, -0.2) is 0 Å². The molecule has 6 nitrogen and oxygen atoms in total. The standard InChI is InChI=1S/C42H12F12N4O2/c43-39(44,45)19-1-3-21(29(9-19)41(49,50)51)33-23-5-7-26-36-24(6-8-25(35(23)36)37-27(33)11-31(59-37)17(13-55)14-56)34(28-12-32(60-38(26)28)18(15-57)16-58)22-4-2-20(40(46,47)48)10-30(22)42(52,53)54/h1-12H. The number of nitriles is 4. The summed E-state index contributed by atoms with van der Waals surface area (Å²) in [5.74, 6) is 0. The molecule has 8 rings (SSSR count). The zero-order chi connectivity index (χ0) is 43.4. The summed E-state index contributed by atoms with van der Waals surface area (Å²) >= 11 is 0. The van der Waals surface area contributed by atoms with E-state index in [0.717, 1.165) is 12.1 Å². The second kappa shape index (κ2) is 12.9. The summed E-state index contributed by atoms with van der Waals surface area (Å²) in [4.78, 5) is 0. The molecule has 0 atom stereocenters. The summed E-state index contributed by atoms with van der Waals surface area (Å²) in [6.45, 7) is 0. The molecular weight excluding hydrogens is 820 g/mol. The highest BCUT2D eigenvalue weighted by atomic mass is 19.4. The number of furan rings is 2. The van der Waals surface area contributed by atoms with Crippen molar-refractivity contribution < 1.29 is 61.5 Å². The molecule has 0 amide bonds. The first-order valence-corrected chi connectivity index (χ1v) is 16.7. The van der Waals surface area contributed by atoms with Crippen LogP contribution in [0.4, 0.5) is 52.7 Å². The van der Waals surface area contributed by atoms with Gasteiger partial charge in [-0.2, -0.15) is 73.7 Å². The third kappa shape index (κ3) is 5.87. The zero-order valence-electron chi connectivity index (χ0n) is 29.1. The summed E-state index contributed by atoms with van der Waals surface area (Å²) in [5, 5.41) is 37.6. The Kier molecular flexibility index (Phi) is 8.42. The Morgan fingerprint density at radius 1 is 0.400 bits per heavy atom. The summed E-state index contributed by atoms with van der Waals surface area (Å²) in [5.41, 5.74) is -12.2. The second-order valence-electron chi connectivity index (χ2n) is 13.2. The van der Waals surface area contributed by atoms with E-state index >= 15 is 0 Å². The molecule has 0 aliphatic rings. The fourth-order valence-corrected chi connectivity index (χ4v) is 7.58. The number of benzene rings is 6. The van der Waals surface area contributed by atoms with Gasteiger partial charge < -0.3 is 8.83 Å². The van der Waals surface area contributed by atoms with Gasteiger partial charge in [-0.1, -0.05) is 24.3 Å². The Morgan fingerprint density at radius 2 is 0.733 bits per heavy atom. The zero-order valence-corrected chi connectivity index (χ0v) is 29.1. The highest BCUT2D eigenvalue weighted by Gasteiger charge is 2.41. The lowest BCUT2D eigenvalue weighted by molar-refractivity contribution is -0.144. The molecule has 6 aromatic carbocycles. The summed E-state index contributed by atoms with van der Waals surface area (Å²) in [6.07, 6.45) is -21.3. The van der Waals surface area contributed by atoms with Gasteiger partial charge in [0, 0.05) is 43.4 Å². The van der Waals surface area contributed by atoms with Crippen molar-refractivity contribution in [3.8, 4) is 46.5 Å². The summed E-state index contributed by atoms with van der Waals surface area (Å²) in [6, 6.07) is 15.1. The van der Waals surface area contributed by atoms with E-state index < -0.39 is 91.2 Å². The Balaban J connectivity index is 1.67. The smallest absolute Gasteiger partial charge is 0.417 e. The Bertz CT molecular complexity index is 3220. The van der Waals surface area contributed by atoms with Crippen molar-refractivity contribution in [1.29, 1.82) is 21.0 Å². The van der Waals surface area contributed by atoms with Gasteiger partial charge in [0.15, 0.2) is 22.0 Å². The quantitative estimate of drug-likeness (QED) is 0.126. The highest BCUT2D eigenvalue weighted by molar-refractivity contribution is 6.37. The molecule has 0 aliphatic carbocycles. The maximum absolute atomic E-state index is 14.8. The Hall–Kier alpha value is -7.70. The maximum atomic E-state index is 14.8. The minimum Gasteiger partial charge on any atom is -0.454 e. The molecule has 0 aliphatic heterocycles. The van der Waals surface area contributed by atoms with Gasteiger partial charge in [0.2, 0.25) is 0 Å². The number of alkyl halides is 12. The van der Waals surface area contributed by atoms with E-state index in [2.05, 4.69) is 0 Å². The van der Waals surface area contributed by atoms with Crippen LogP contribution >= 0.6 is 0 Å². The van der Waals surface area contributed by atoms with Crippen LogP contribution in [0.3, 0.4) is 0 Å². The molecular formula is C42H12F12N4O2. The third-order valence-electron chi connectivity index (χ3n) is 9.97. The van der Waals surface area contributed by atoms with Crippen molar-refractivity contribution in [2.45, 2.75) is 24.7 Å². The number of fused-ring (bicyclic) bond motifs is 4. The molecule has 0 saturated heterocycles. The highest BCUT2D eigenvalue weighted by Crippen LogP contribution is 2.53. The average Bonchev–Trinajstić information content (AvgIpc) is 3.81. The Morgan fingerprint density at radius 3 is 1.03 bits per heavy atom. The molecule has 0 fully saturated rings. The fraction of sp³-hybridized carbons (Fsp3) is 0.0952. The van der Waals surface area contributed by atoms with Gasteiger partial charge in [0.25, 0.3) is 0 Å². The summed E-state index contributed by atoms with van der Waals surface area (Å²) < 4.78 is 184. The van der Waals surface area contributed by atoms with E-state index in [-0.39, 0.29) is 66.4 Å². The SMILES string of the molecule is N#CC(C#N)=c1cc2c(-c3ccc(C(F)(F)F)cc3C(F)(F)F)c3ccc4c5oc(=C(C#N)C#N)cc5c(-c5ccc(C(F)(F)F)cc5C(F)(F)F)c5ccc(c2o1)c3c54. The molecule has 0 bridgehead atoms. The monoisotopic (exact) mass is 832 g/mol.